The lowest BCUT2D eigenvalue weighted by Crippen LogP contribution is -2.22. The quantitative estimate of drug-likeness (QED) is 0.527. The van der Waals surface area contributed by atoms with Gasteiger partial charge in [-0.3, -0.25) is 4.79 Å². The minimum Gasteiger partial charge on any atom is -0.506 e. The summed E-state index contributed by atoms with van der Waals surface area (Å²) >= 11 is 0. The van der Waals surface area contributed by atoms with Gasteiger partial charge >= 0.3 is 5.97 Å². The number of esters is 1. The molecule has 0 saturated carbocycles. The monoisotopic (exact) mass is 203 g/mol. The number of aliphatic hydroxyl groups is 2. The van der Waals surface area contributed by atoms with Gasteiger partial charge in [0.1, 0.15) is 5.92 Å². The summed E-state index contributed by atoms with van der Waals surface area (Å²) in [5, 5.41) is 18.8. The van der Waals surface area contributed by atoms with Crippen LogP contribution in [0.15, 0.2) is 11.6 Å². The zero-order chi connectivity index (χ0) is 11.3. The van der Waals surface area contributed by atoms with Gasteiger partial charge in [0.15, 0.2) is 5.76 Å². The van der Waals surface area contributed by atoms with Gasteiger partial charge in [-0.1, -0.05) is 0 Å². The van der Waals surface area contributed by atoms with Gasteiger partial charge in [-0.15, -0.1) is 0 Å². The number of hydrogen-bond acceptors (Lipinski definition) is 5. The van der Waals surface area contributed by atoms with Crippen LogP contribution in [0.5, 0.6) is 0 Å². The molecular formula is C9H17NO4. The Labute approximate surface area is 83.6 Å². The van der Waals surface area contributed by atoms with E-state index >= 15 is 0 Å². The number of carbonyl (C=O) groups excluding carboxylic acids is 1. The lowest BCUT2D eigenvalue weighted by atomic mass is 10.1. The van der Waals surface area contributed by atoms with Gasteiger partial charge in [0, 0.05) is 14.1 Å². The molecule has 5 heteroatoms. The van der Waals surface area contributed by atoms with Crippen LogP contribution < -0.4 is 0 Å². The average Bonchev–Trinajstić information content (AvgIpc) is 2.14. The van der Waals surface area contributed by atoms with Crippen molar-refractivity contribution in [1.82, 2.24) is 4.90 Å². The Morgan fingerprint density at radius 2 is 1.93 bits per heavy atom. The van der Waals surface area contributed by atoms with Gasteiger partial charge in [0.05, 0.1) is 6.61 Å². The Morgan fingerprint density at radius 1 is 1.43 bits per heavy atom. The second-order valence-corrected chi connectivity index (χ2v) is 3.08. The maximum absolute atomic E-state index is 11.2. The first-order valence-corrected chi connectivity index (χ1v) is 4.37. The molecule has 0 amide bonds. The average molecular weight is 203 g/mol. The Balaban J connectivity index is 4.60. The highest BCUT2D eigenvalue weighted by molar-refractivity contribution is 5.74. The van der Waals surface area contributed by atoms with Gasteiger partial charge in [-0.05, 0) is 13.8 Å². The van der Waals surface area contributed by atoms with E-state index in [0.29, 0.717) is 0 Å². The molecule has 0 spiro atoms. The van der Waals surface area contributed by atoms with E-state index in [-0.39, 0.29) is 18.2 Å². The fraction of sp³-hybridized carbons (Fsp3) is 0.667. The molecule has 0 unspecified atom stereocenters. The molecule has 0 aliphatic heterocycles. The first-order valence-electron chi connectivity index (χ1n) is 4.37. The highest BCUT2D eigenvalue weighted by Crippen LogP contribution is 2.13. The molecule has 0 aliphatic rings. The Morgan fingerprint density at radius 3 is 2.29 bits per heavy atom. The highest BCUT2D eigenvalue weighted by atomic mass is 16.5. The standard InChI is InChI=1S/C9H17NO4/c1-5-14-9(13)6(2)7(11)8(12)10(3)4/h6,11-12H,5H2,1-4H3/b8-7-/t6-/m1/s1. The summed E-state index contributed by atoms with van der Waals surface area (Å²) in [5.41, 5.74) is 0. The van der Waals surface area contributed by atoms with Gasteiger partial charge < -0.3 is 19.8 Å². The minimum atomic E-state index is -0.850. The number of carbonyl (C=O) groups is 1. The van der Waals surface area contributed by atoms with Gasteiger partial charge in [-0.25, -0.2) is 0 Å². The molecule has 2 N–H and O–H groups in total. The van der Waals surface area contributed by atoms with Crippen molar-refractivity contribution < 1.29 is 19.7 Å². The number of ether oxygens (including phenoxy) is 1. The molecule has 5 nitrogen and oxygen atoms in total. The molecule has 0 aromatic rings. The van der Waals surface area contributed by atoms with E-state index < -0.39 is 11.9 Å². The van der Waals surface area contributed by atoms with Crippen molar-refractivity contribution >= 4 is 5.97 Å². The molecule has 0 aromatic heterocycles. The van der Waals surface area contributed by atoms with E-state index in [0.717, 1.165) is 0 Å². The maximum atomic E-state index is 11.2. The van der Waals surface area contributed by atoms with Crippen LogP contribution in [0.2, 0.25) is 0 Å². The van der Waals surface area contributed by atoms with Crippen molar-refractivity contribution in [1.29, 1.82) is 0 Å². The van der Waals surface area contributed by atoms with E-state index in [4.69, 9.17) is 4.74 Å². The number of rotatable bonds is 4. The summed E-state index contributed by atoms with van der Waals surface area (Å²) in [6.07, 6.45) is 0. The first-order chi connectivity index (χ1) is 6.41. The SMILES string of the molecule is CCOC(=O)[C@H](C)/C(O)=C(/O)N(C)C. The van der Waals surface area contributed by atoms with Gasteiger partial charge in [0.2, 0.25) is 5.88 Å². The van der Waals surface area contributed by atoms with Crippen molar-refractivity contribution in [3.8, 4) is 0 Å². The third-order valence-corrected chi connectivity index (χ3v) is 1.70. The smallest absolute Gasteiger partial charge is 0.316 e. The number of hydrogen-bond donors (Lipinski definition) is 2. The van der Waals surface area contributed by atoms with Crippen molar-refractivity contribution in [2.45, 2.75) is 13.8 Å². The molecule has 0 heterocycles. The topological polar surface area (TPSA) is 70.0 Å². The van der Waals surface area contributed by atoms with Crippen molar-refractivity contribution in [3.63, 3.8) is 0 Å². The molecule has 0 aromatic carbocycles. The molecule has 0 fully saturated rings. The van der Waals surface area contributed by atoms with Crippen LogP contribution >= 0.6 is 0 Å². The van der Waals surface area contributed by atoms with Crippen molar-refractivity contribution in [2.24, 2.45) is 5.92 Å². The van der Waals surface area contributed by atoms with Crippen LogP contribution in [0.3, 0.4) is 0 Å². The highest BCUT2D eigenvalue weighted by Gasteiger charge is 2.22. The Hall–Kier alpha value is -1.39. The molecule has 82 valence electrons. The van der Waals surface area contributed by atoms with Crippen LogP contribution in [0.1, 0.15) is 13.8 Å². The molecule has 0 bridgehead atoms. The molecule has 14 heavy (non-hydrogen) atoms. The number of aliphatic hydroxyl groups excluding tert-OH is 2. The van der Waals surface area contributed by atoms with E-state index in [1.807, 2.05) is 0 Å². The second kappa shape index (κ2) is 5.36. The predicted molar refractivity (Wildman–Crippen MR) is 51.8 cm³/mol. The van der Waals surface area contributed by atoms with Crippen LogP contribution in [0.25, 0.3) is 0 Å². The molecule has 0 saturated heterocycles. The normalized spacial score (nSPS) is 14.3. The van der Waals surface area contributed by atoms with Crippen LogP contribution in [-0.4, -0.2) is 41.8 Å². The lowest BCUT2D eigenvalue weighted by molar-refractivity contribution is -0.147. The summed E-state index contributed by atoms with van der Waals surface area (Å²) in [4.78, 5) is 12.5. The molecule has 0 aliphatic carbocycles. The fourth-order valence-corrected chi connectivity index (χ4v) is 0.802. The Kier molecular flexibility index (Phi) is 4.83. The van der Waals surface area contributed by atoms with E-state index in [2.05, 4.69) is 0 Å². The third-order valence-electron chi connectivity index (χ3n) is 1.70. The third kappa shape index (κ3) is 3.16. The molecule has 0 rings (SSSR count). The maximum Gasteiger partial charge on any atom is 0.316 e. The lowest BCUT2D eigenvalue weighted by Gasteiger charge is -2.16. The minimum absolute atomic E-state index is 0.249. The van der Waals surface area contributed by atoms with E-state index in [1.54, 1.807) is 21.0 Å². The summed E-state index contributed by atoms with van der Waals surface area (Å²) in [5.74, 6) is -2.12. The largest absolute Gasteiger partial charge is 0.506 e. The molecular weight excluding hydrogens is 186 g/mol. The summed E-state index contributed by atoms with van der Waals surface area (Å²) in [6, 6.07) is 0. The zero-order valence-electron chi connectivity index (χ0n) is 8.94. The van der Waals surface area contributed by atoms with Crippen LogP contribution in [0.4, 0.5) is 0 Å². The predicted octanol–water partition coefficient (Wildman–Crippen LogP) is 1.03. The van der Waals surface area contributed by atoms with Crippen molar-refractivity contribution in [2.75, 3.05) is 20.7 Å². The number of nitrogens with zero attached hydrogens (tertiary/aromatic N) is 1. The van der Waals surface area contributed by atoms with Crippen LogP contribution in [0, 0.1) is 5.92 Å². The summed E-state index contributed by atoms with van der Waals surface area (Å²) in [7, 11) is 3.12. The van der Waals surface area contributed by atoms with E-state index in [9.17, 15) is 15.0 Å². The second-order valence-electron chi connectivity index (χ2n) is 3.08. The zero-order valence-corrected chi connectivity index (χ0v) is 8.94. The van der Waals surface area contributed by atoms with Gasteiger partial charge in [-0.2, -0.15) is 0 Å². The van der Waals surface area contributed by atoms with E-state index in [1.165, 1.54) is 11.8 Å². The summed E-state index contributed by atoms with van der Waals surface area (Å²) in [6.45, 7) is 3.39. The Bertz CT molecular complexity index is 235. The molecule has 1 atom stereocenters. The molecule has 0 radical (unpaired) electrons. The summed E-state index contributed by atoms with van der Waals surface area (Å²) < 4.78 is 4.69. The van der Waals surface area contributed by atoms with Crippen LogP contribution in [-0.2, 0) is 9.53 Å². The van der Waals surface area contributed by atoms with Gasteiger partial charge in [0.25, 0.3) is 0 Å². The first kappa shape index (κ1) is 12.6. The fourth-order valence-electron chi connectivity index (χ4n) is 0.802. The van der Waals surface area contributed by atoms with Crippen molar-refractivity contribution in [3.05, 3.63) is 11.6 Å².